The van der Waals surface area contributed by atoms with Gasteiger partial charge in [-0.15, -0.1) is 0 Å². The summed E-state index contributed by atoms with van der Waals surface area (Å²) < 4.78 is 5.56. The highest BCUT2D eigenvalue weighted by Crippen LogP contribution is 2.25. The molecule has 1 aromatic heterocycles. The van der Waals surface area contributed by atoms with E-state index in [4.69, 9.17) is 10.5 Å². The van der Waals surface area contributed by atoms with Crippen molar-refractivity contribution in [2.45, 2.75) is 6.92 Å². The Kier molecular flexibility index (Phi) is 3.56. The quantitative estimate of drug-likeness (QED) is 0.849. The number of carbonyl (C=O) groups is 2. The van der Waals surface area contributed by atoms with Crippen LogP contribution in [0.1, 0.15) is 26.3 Å². The van der Waals surface area contributed by atoms with E-state index in [2.05, 4.69) is 4.98 Å². The number of hydrogen-bond acceptors (Lipinski definition) is 4. The highest BCUT2D eigenvalue weighted by atomic mass is 16.5. The van der Waals surface area contributed by atoms with E-state index < -0.39 is 5.91 Å². The van der Waals surface area contributed by atoms with E-state index >= 15 is 0 Å². The standard InChI is InChI=1S/C14H12N2O3/c1-9-11(8-17)3-2-4-12(9)19-13-6-5-10(7-16-13)14(15)18/h2-8H,1H3,(H2,15,18). The number of nitrogens with two attached hydrogens (primary N) is 1. The number of nitrogens with zero attached hydrogens (tertiary/aromatic N) is 1. The number of benzene rings is 1. The van der Waals surface area contributed by atoms with Crippen molar-refractivity contribution in [3.05, 3.63) is 53.2 Å². The van der Waals surface area contributed by atoms with Crippen LogP contribution in [-0.4, -0.2) is 17.2 Å². The summed E-state index contributed by atoms with van der Waals surface area (Å²) in [6.07, 6.45) is 2.11. The first-order valence-electron chi connectivity index (χ1n) is 5.60. The lowest BCUT2D eigenvalue weighted by molar-refractivity contribution is 0.0999. The molecule has 2 aromatic rings. The maximum Gasteiger partial charge on any atom is 0.250 e. The van der Waals surface area contributed by atoms with Gasteiger partial charge in [-0.25, -0.2) is 4.98 Å². The van der Waals surface area contributed by atoms with Gasteiger partial charge in [0.2, 0.25) is 11.8 Å². The molecule has 0 bridgehead atoms. The molecular formula is C14H12N2O3. The molecule has 0 aliphatic rings. The van der Waals surface area contributed by atoms with Crippen LogP contribution in [0.3, 0.4) is 0 Å². The van der Waals surface area contributed by atoms with Gasteiger partial charge in [0.15, 0.2) is 0 Å². The van der Waals surface area contributed by atoms with Crippen LogP contribution < -0.4 is 10.5 Å². The summed E-state index contributed by atoms with van der Waals surface area (Å²) in [5.74, 6) is 0.332. The van der Waals surface area contributed by atoms with Gasteiger partial charge >= 0.3 is 0 Å². The number of pyridine rings is 1. The molecule has 0 spiro atoms. The molecule has 0 saturated heterocycles. The zero-order valence-electron chi connectivity index (χ0n) is 10.3. The lowest BCUT2D eigenvalue weighted by Gasteiger charge is -2.09. The highest BCUT2D eigenvalue weighted by molar-refractivity contribution is 5.92. The first-order chi connectivity index (χ1) is 9.11. The normalized spacial score (nSPS) is 9.95. The Morgan fingerprint density at radius 2 is 2.11 bits per heavy atom. The van der Waals surface area contributed by atoms with Gasteiger partial charge < -0.3 is 10.5 Å². The molecule has 2 N–H and O–H groups in total. The number of hydrogen-bond donors (Lipinski definition) is 1. The Balaban J connectivity index is 2.26. The van der Waals surface area contributed by atoms with Crippen molar-refractivity contribution in [1.29, 1.82) is 0 Å². The Morgan fingerprint density at radius 3 is 2.68 bits per heavy atom. The van der Waals surface area contributed by atoms with Crippen molar-refractivity contribution in [2.24, 2.45) is 5.73 Å². The van der Waals surface area contributed by atoms with Crippen LogP contribution in [0.15, 0.2) is 36.5 Å². The van der Waals surface area contributed by atoms with Gasteiger partial charge in [-0.1, -0.05) is 12.1 Å². The van der Waals surface area contributed by atoms with Gasteiger partial charge in [-0.05, 0) is 19.1 Å². The lowest BCUT2D eigenvalue weighted by atomic mass is 10.1. The Morgan fingerprint density at radius 1 is 1.32 bits per heavy atom. The molecule has 0 aliphatic heterocycles. The predicted molar refractivity (Wildman–Crippen MR) is 69.4 cm³/mol. The van der Waals surface area contributed by atoms with E-state index in [1.54, 1.807) is 31.2 Å². The molecule has 0 radical (unpaired) electrons. The summed E-state index contributed by atoms with van der Waals surface area (Å²) in [6, 6.07) is 8.26. The number of aldehydes is 1. The molecule has 0 atom stereocenters. The topological polar surface area (TPSA) is 82.3 Å². The molecule has 5 nitrogen and oxygen atoms in total. The maximum absolute atomic E-state index is 10.9. The van der Waals surface area contributed by atoms with Crippen LogP contribution in [0.5, 0.6) is 11.6 Å². The number of ether oxygens (including phenoxy) is 1. The lowest BCUT2D eigenvalue weighted by Crippen LogP contribution is -2.10. The molecule has 0 fully saturated rings. The molecule has 2 rings (SSSR count). The third-order valence-corrected chi connectivity index (χ3v) is 2.69. The van der Waals surface area contributed by atoms with Gasteiger partial charge in [0.25, 0.3) is 0 Å². The van der Waals surface area contributed by atoms with Crippen molar-refractivity contribution in [3.63, 3.8) is 0 Å². The fourth-order valence-electron chi connectivity index (χ4n) is 1.57. The molecule has 0 aliphatic carbocycles. The van der Waals surface area contributed by atoms with Crippen LogP contribution in [0.2, 0.25) is 0 Å². The summed E-state index contributed by atoms with van der Waals surface area (Å²) in [5.41, 5.74) is 6.73. The number of aromatic nitrogens is 1. The van der Waals surface area contributed by atoms with Crippen molar-refractivity contribution in [1.82, 2.24) is 4.98 Å². The molecular weight excluding hydrogens is 244 g/mol. The van der Waals surface area contributed by atoms with Crippen LogP contribution in [-0.2, 0) is 0 Å². The second-order valence-corrected chi connectivity index (χ2v) is 3.94. The first kappa shape index (κ1) is 12.8. The van der Waals surface area contributed by atoms with Gasteiger partial charge in [-0.3, -0.25) is 9.59 Å². The Hall–Kier alpha value is -2.69. The van der Waals surface area contributed by atoms with Gasteiger partial charge in [-0.2, -0.15) is 0 Å². The second-order valence-electron chi connectivity index (χ2n) is 3.94. The second kappa shape index (κ2) is 5.30. The summed E-state index contributed by atoms with van der Waals surface area (Å²) in [4.78, 5) is 25.7. The predicted octanol–water partition coefficient (Wildman–Crippen LogP) is 2.09. The largest absolute Gasteiger partial charge is 0.439 e. The minimum absolute atomic E-state index is 0.311. The van der Waals surface area contributed by atoms with E-state index in [1.807, 2.05) is 0 Å². The molecule has 1 heterocycles. The molecule has 1 amide bonds. The fraction of sp³-hybridized carbons (Fsp3) is 0.0714. The molecule has 1 aromatic carbocycles. The number of carbonyl (C=O) groups excluding carboxylic acids is 2. The third kappa shape index (κ3) is 2.77. The maximum atomic E-state index is 10.9. The van der Waals surface area contributed by atoms with E-state index in [1.165, 1.54) is 12.3 Å². The van der Waals surface area contributed by atoms with Crippen LogP contribution in [0.25, 0.3) is 0 Å². The van der Waals surface area contributed by atoms with Gasteiger partial charge in [0, 0.05) is 23.4 Å². The SMILES string of the molecule is Cc1c(C=O)cccc1Oc1ccc(C(N)=O)cn1. The summed E-state index contributed by atoms with van der Waals surface area (Å²) in [6.45, 7) is 1.79. The zero-order valence-corrected chi connectivity index (χ0v) is 10.3. The smallest absolute Gasteiger partial charge is 0.250 e. The summed E-state index contributed by atoms with van der Waals surface area (Å²) in [7, 11) is 0. The van der Waals surface area contributed by atoms with E-state index in [-0.39, 0.29) is 0 Å². The molecule has 0 saturated carbocycles. The number of amides is 1. The van der Waals surface area contributed by atoms with E-state index in [0.29, 0.717) is 22.8 Å². The number of rotatable bonds is 4. The van der Waals surface area contributed by atoms with E-state index in [9.17, 15) is 9.59 Å². The first-order valence-corrected chi connectivity index (χ1v) is 5.60. The van der Waals surface area contributed by atoms with Crippen LogP contribution in [0, 0.1) is 6.92 Å². The van der Waals surface area contributed by atoms with Crippen LogP contribution in [0.4, 0.5) is 0 Å². The monoisotopic (exact) mass is 256 g/mol. The fourth-order valence-corrected chi connectivity index (χ4v) is 1.57. The molecule has 19 heavy (non-hydrogen) atoms. The summed E-state index contributed by atoms with van der Waals surface area (Å²) >= 11 is 0. The average Bonchev–Trinajstić information content (AvgIpc) is 2.42. The molecule has 0 unspecified atom stereocenters. The average molecular weight is 256 g/mol. The van der Waals surface area contributed by atoms with Gasteiger partial charge in [0.05, 0.1) is 5.56 Å². The molecule has 96 valence electrons. The van der Waals surface area contributed by atoms with Crippen molar-refractivity contribution in [3.8, 4) is 11.6 Å². The molecule has 5 heteroatoms. The zero-order chi connectivity index (χ0) is 13.8. The summed E-state index contributed by atoms with van der Waals surface area (Å²) in [5, 5.41) is 0. The third-order valence-electron chi connectivity index (χ3n) is 2.69. The minimum Gasteiger partial charge on any atom is -0.439 e. The number of primary amides is 1. The highest BCUT2D eigenvalue weighted by Gasteiger charge is 2.07. The van der Waals surface area contributed by atoms with Gasteiger partial charge in [0.1, 0.15) is 12.0 Å². The Bertz CT molecular complexity index is 621. The minimum atomic E-state index is -0.543. The Labute approximate surface area is 110 Å². The van der Waals surface area contributed by atoms with Crippen LogP contribution >= 0.6 is 0 Å². The van der Waals surface area contributed by atoms with E-state index in [0.717, 1.165) is 11.8 Å². The van der Waals surface area contributed by atoms with Crippen molar-refractivity contribution < 1.29 is 14.3 Å². The van der Waals surface area contributed by atoms with Crippen molar-refractivity contribution >= 4 is 12.2 Å². The van der Waals surface area contributed by atoms with Crippen molar-refractivity contribution in [2.75, 3.05) is 0 Å².